The summed E-state index contributed by atoms with van der Waals surface area (Å²) < 4.78 is 13.1. The molecule has 1 heterocycles. The van der Waals surface area contributed by atoms with Gasteiger partial charge in [0.25, 0.3) is 0 Å². The second-order valence-corrected chi connectivity index (χ2v) is 4.20. The second-order valence-electron chi connectivity index (χ2n) is 4.20. The molecule has 2 heteroatoms. The van der Waals surface area contributed by atoms with Gasteiger partial charge in [-0.05, 0) is 23.5 Å². The van der Waals surface area contributed by atoms with Crippen LogP contribution in [0, 0.1) is 11.2 Å². The predicted molar refractivity (Wildman–Crippen MR) is 47.4 cm³/mol. The molecular weight excluding hydrogens is 153 g/mol. The van der Waals surface area contributed by atoms with Gasteiger partial charge >= 0.3 is 0 Å². The third-order valence-corrected chi connectivity index (χ3v) is 1.58. The zero-order valence-electron chi connectivity index (χ0n) is 7.76. The molecule has 12 heavy (non-hydrogen) atoms. The van der Waals surface area contributed by atoms with E-state index in [1.54, 1.807) is 12.3 Å². The molecule has 1 aromatic heterocycles. The number of halogens is 1. The summed E-state index contributed by atoms with van der Waals surface area (Å²) in [6.45, 7) is 6.27. The van der Waals surface area contributed by atoms with E-state index in [0.29, 0.717) is 0 Å². The molecule has 0 aliphatic rings. The summed E-state index contributed by atoms with van der Waals surface area (Å²) in [6, 6.07) is 1.74. The van der Waals surface area contributed by atoms with Crippen LogP contribution in [0.15, 0.2) is 18.5 Å². The topological polar surface area (TPSA) is 12.9 Å². The molecule has 0 N–H and O–H groups in total. The van der Waals surface area contributed by atoms with Gasteiger partial charge in [-0.1, -0.05) is 20.8 Å². The molecule has 0 saturated carbocycles. The third kappa shape index (κ3) is 2.61. The van der Waals surface area contributed by atoms with E-state index < -0.39 is 0 Å². The van der Waals surface area contributed by atoms with Crippen molar-refractivity contribution in [2.75, 3.05) is 0 Å². The Hall–Kier alpha value is -0.920. The van der Waals surface area contributed by atoms with Gasteiger partial charge in [0.15, 0.2) is 0 Å². The Balaban J connectivity index is 2.83. The maximum absolute atomic E-state index is 13.1. The molecule has 0 bridgehead atoms. The maximum Gasteiger partial charge on any atom is 0.144 e. The molecular formula is C10H14FN. The third-order valence-electron chi connectivity index (χ3n) is 1.58. The molecule has 1 rings (SSSR count). The molecule has 0 spiro atoms. The molecule has 0 aliphatic heterocycles. The van der Waals surface area contributed by atoms with E-state index in [1.807, 2.05) is 0 Å². The van der Waals surface area contributed by atoms with Gasteiger partial charge in [0.05, 0.1) is 6.20 Å². The summed E-state index contributed by atoms with van der Waals surface area (Å²) in [5.41, 5.74) is 0.875. The van der Waals surface area contributed by atoms with Crippen LogP contribution >= 0.6 is 0 Å². The fraction of sp³-hybridized carbons (Fsp3) is 0.500. The van der Waals surface area contributed by atoms with Gasteiger partial charge in [-0.3, -0.25) is 4.98 Å². The van der Waals surface area contributed by atoms with Crippen LogP contribution in [0.25, 0.3) is 0 Å². The zero-order valence-corrected chi connectivity index (χ0v) is 7.76. The Morgan fingerprint density at radius 1 is 1.42 bits per heavy atom. The fourth-order valence-corrected chi connectivity index (χ4v) is 1.12. The largest absolute Gasteiger partial charge is 0.262 e. The first-order chi connectivity index (χ1) is 5.49. The van der Waals surface area contributed by atoms with Crippen molar-refractivity contribution in [3.63, 3.8) is 0 Å². The van der Waals surface area contributed by atoms with Crippen molar-refractivity contribution < 1.29 is 4.39 Å². The highest BCUT2D eigenvalue weighted by molar-refractivity contribution is 5.13. The summed E-state index contributed by atoms with van der Waals surface area (Å²) in [6.07, 6.45) is 3.65. The number of aromatic nitrogens is 1. The molecule has 0 aromatic carbocycles. The molecule has 0 fully saturated rings. The molecule has 1 aromatic rings. The molecule has 0 atom stereocenters. The van der Waals surface area contributed by atoms with E-state index in [-0.39, 0.29) is 11.2 Å². The molecule has 1 nitrogen and oxygen atoms in total. The Kier molecular flexibility index (Phi) is 2.46. The van der Waals surface area contributed by atoms with E-state index in [9.17, 15) is 4.39 Å². The van der Waals surface area contributed by atoms with Crippen molar-refractivity contribution in [1.82, 2.24) is 4.98 Å². The van der Waals surface area contributed by atoms with Crippen LogP contribution in [0.1, 0.15) is 26.3 Å². The van der Waals surface area contributed by atoms with Gasteiger partial charge in [0.2, 0.25) is 0 Å². The smallest absolute Gasteiger partial charge is 0.144 e. The van der Waals surface area contributed by atoms with Crippen LogP contribution in [0.2, 0.25) is 0 Å². The van der Waals surface area contributed by atoms with Crippen LogP contribution in [-0.2, 0) is 6.42 Å². The standard InChI is InChI=1S/C10H14FN/c1-10(2,3)6-8-4-5-12-7-9(8)11/h4-5,7H,6H2,1-3H3. The Morgan fingerprint density at radius 3 is 2.58 bits per heavy atom. The van der Waals surface area contributed by atoms with Crippen molar-refractivity contribution in [3.8, 4) is 0 Å². The first-order valence-corrected chi connectivity index (χ1v) is 4.07. The van der Waals surface area contributed by atoms with Gasteiger partial charge in [-0.15, -0.1) is 0 Å². The normalized spacial score (nSPS) is 11.7. The van der Waals surface area contributed by atoms with Crippen molar-refractivity contribution in [1.29, 1.82) is 0 Å². The highest BCUT2D eigenvalue weighted by atomic mass is 19.1. The Morgan fingerprint density at radius 2 is 2.08 bits per heavy atom. The van der Waals surface area contributed by atoms with E-state index in [1.165, 1.54) is 6.20 Å². The van der Waals surface area contributed by atoms with Crippen molar-refractivity contribution in [2.24, 2.45) is 5.41 Å². The van der Waals surface area contributed by atoms with Crippen molar-refractivity contribution in [3.05, 3.63) is 29.8 Å². The first-order valence-electron chi connectivity index (χ1n) is 4.07. The number of hydrogen-bond donors (Lipinski definition) is 0. The summed E-state index contributed by atoms with van der Waals surface area (Å²) in [5.74, 6) is -0.201. The van der Waals surface area contributed by atoms with E-state index in [0.717, 1.165) is 12.0 Å². The van der Waals surface area contributed by atoms with Crippen LogP contribution in [0.4, 0.5) is 4.39 Å². The van der Waals surface area contributed by atoms with Gasteiger partial charge in [-0.25, -0.2) is 4.39 Å². The molecule has 0 unspecified atom stereocenters. The summed E-state index contributed by atoms with van der Waals surface area (Å²) in [4.78, 5) is 3.70. The minimum Gasteiger partial charge on any atom is -0.262 e. The molecule has 0 radical (unpaired) electrons. The number of hydrogen-bond acceptors (Lipinski definition) is 1. The minimum atomic E-state index is -0.201. The highest BCUT2D eigenvalue weighted by Gasteiger charge is 2.13. The molecule has 0 amide bonds. The zero-order chi connectivity index (χ0) is 9.19. The quantitative estimate of drug-likeness (QED) is 0.626. The van der Waals surface area contributed by atoms with Gasteiger partial charge in [-0.2, -0.15) is 0 Å². The molecule has 0 aliphatic carbocycles. The van der Waals surface area contributed by atoms with E-state index in [2.05, 4.69) is 25.8 Å². The lowest BCUT2D eigenvalue weighted by atomic mass is 9.88. The van der Waals surface area contributed by atoms with Crippen molar-refractivity contribution >= 4 is 0 Å². The SMILES string of the molecule is CC(C)(C)Cc1ccncc1F. The van der Waals surface area contributed by atoms with Gasteiger partial charge in [0, 0.05) is 6.20 Å². The number of rotatable bonds is 1. The Bertz CT molecular complexity index is 263. The van der Waals surface area contributed by atoms with Crippen LogP contribution in [0.5, 0.6) is 0 Å². The van der Waals surface area contributed by atoms with Crippen molar-refractivity contribution in [2.45, 2.75) is 27.2 Å². The summed E-state index contributed by atoms with van der Waals surface area (Å²) >= 11 is 0. The molecule has 66 valence electrons. The monoisotopic (exact) mass is 167 g/mol. The maximum atomic E-state index is 13.1. The number of nitrogens with zero attached hydrogens (tertiary/aromatic N) is 1. The Labute approximate surface area is 72.6 Å². The average molecular weight is 167 g/mol. The predicted octanol–water partition coefficient (Wildman–Crippen LogP) is 2.81. The highest BCUT2D eigenvalue weighted by Crippen LogP contribution is 2.21. The fourth-order valence-electron chi connectivity index (χ4n) is 1.12. The van der Waals surface area contributed by atoms with Gasteiger partial charge in [0.1, 0.15) is 5.82 Å². The van der Waals surface area contributed by atoms with E-state index in [4.69, 9.17) is 0 Å². The lowest BCUT2D eigenvalue weighted by Crippen LogP contribution is -2.10. The van der Waals surface area contributed by atoms with Crippen LogP contribution in [0.3, 0.4) is 0 Å². The first kappa shape index (κ1) is 9.17. The summed E-state index contributed by atoms with van der Waals surface area (Å²) in [5, 5.41) is 0. The molecule has 0 saturated heterocycles. The lowest BCUT2D eigenvalue weighted by Gasteiger charge is -2.17. The van der Waals surface area contributed by atoms with E-state index >= 15 is 0 Å². The summed E-state index contributed by atoms with van der Waals surface area (Å²) in [7, 11) is 0. The second kappa shape index (κ2) is 3.21. The lowest BCUT2D eigenvalue weighted by molar-refractivity contribution is 0.401. The minimum absolute atomic E-state index is 0.127. The average Bonchev–Trinajstić information content (AvgIpc) is 1.91. The van der Waals surface area contributed by atoms with Gasteiger partial charge < -0.3 is 0 Å². The van der Waals surface area contributed by atoms with Crippen LogP contribution < -0.4 is 0 Å². The number of pyridine rings is 1. The van der Waals surface area contributed by atoms with Crippen LogP contribution in [-0.4, -0.2) is 4.98 Å².